The zero-order valence-electron chi connectivity index (χ0n) is 13.6. The van der Waals surface area contributed by atoms with Gasteiger partial charge in [0.05, 0.1) is 6.04 Å². The zero-order valence-corrected chi connectivity index (χ0v) is 13.6. The average molecular weight is 298 g/mol. The lowest BCUT2D eigenvalue weighted by Crippen LogP contribution is -2.44. The third-order valence-electron chi connectivity index (χ3n) is 4.69. The van der Waals surface area contributed by atoms with Gasteiger partial charge in [-0.2, -0.15) is 0 Å². The van der Waals surface area contributed by atoms with Crippen LogP contribution in [0.4, 0.5) is 0 Å². The van der Waals surface area contributed by atoms with Gasteiger partial charge in [0, 0.05) is 25.5 Å². The highest BCUT2D eigenvalue weighted by molar-refractivity contribution is 5.25. The number of hydrogen-bond acceptors (Lipinski definition) is 3. The monoisotopic (exact) mass is 298 g/mol. The summed E-state index contributed by atoms with van der Waals surface area (Å²) < 4.78 is 2.12. The molecular formula is C18H26N4. The Balaban J connectivity index is 1.77. The largest absolute Gasteiger partial charge is 0.336 e. The first-order valence-corrected chi connectivity index (χ1v) is 8.28. The molecular weight excluding hydrogens is 272 g/mol. The maximum absolute atomic E-state index is 4.58. The normalized spacial score (nSPS) is 18.5. The van der Waals surface area contributed by atoms with Gasteiger partial charge in [-0.05, 0) is 38.0 Å². The van der Waals surface area contributed by atoms with Gasteiger partial charge in [-0.15, -0.1) is 0 Å². The number of nitrogens with zero attached hydrogens (tertiary/aromatic N) is 3. The first kappa shape index (κ1) is 15.3. The van der Waals surface area contributed by atoms with Gasteiger partial charge in [0.2, 0.25) is 0 Å². The summed E-state index contributed by atoms with van der Waals surface area (Å²) >= 11 is 0. The molecule has 0 amide bonds. The Hall–Kier alpha value is -1.65. The van der Waals surface area contributed by atoms with Crippen molar-refractivity contribution in [1.29, 1.82) is 0 Å². The van der Waals surface area contributed by atoms with Crippen molar-refractivity contribution in [2.45, 2.75) is 31.8 Å². The minimum atomic E-state index is 0.166. The molecule has 2 aromatic rings. The van der Waals surface area contributed by atoms with Crippen LogP contribution in [0.2, 0.25) is 0 Å². The molecule has 1 aromatic carbocycles. The Bertz CT molecular complexity index is 570. The second-order valence-electron chi connectivity index (χ2n) is 6.12. The number of benzene rings is 1. The first-order valence-electron chi connectivity index (χ1n) is 8.28. The molecule has 4 nitrogen and oxygen atoms in total. The van der Waals surface area contributed by atoms with E-state index in [9.17, 15) is 0 Å². The van der Waals surface area contributed by atoms with E-state index in [2.05, 4.69) is 64.1 Å². The van der Waals surface area contributed by atoms with Crippen LogP contribution in [-0.2, 0) is 7.05 Å². The van der Waals surface area contributed by atoms with E-state index in [0.717, 1.165) is 12.4 Å². The van der Waals surface area contributed by atoms with E-state index in [1.165, 1.54) is 31.5 Å². The van der Waals surface area contributed by atoms with Crippen LogP contribution < -0.4 is 5.32 Å². The second kappa shape index (κ2) is 7.07. The van der Waals surface area contributed by atoms with Crippen LogP contribution in [0, 0.1) is 0 Å². The molecule has 1 N–H and O–H groups in total. The van der Waals surface area contributed by atoms with Gasteiger partial charge in [0.1, 0.15) is 5.82 Å². The molecule has 0 unspecified atom stereocenters. The molecule has 1 atom stereocenters. The zero-order chi connectivity index (χ0) is 15.4. The van der Waals surface area contributed by atoms with Crippen molar-refractivity contribution in [3.05, 3.63) is 54.1 Å². The first-order chi connectivity index (χ1) is 10.8. The standard InChI is InChI=1S/C18H26N4/c1-3-22-12-9-16(10-13-22)20-17(15-7-5-4-6-8-15)18-19-11-14-21(18)2/h4-8,11,14,16-17,20H,3,9-10,12-13H2,1-2H3/t17-/m0/s1. The molecule has 0 aliphatic carbocycles. The summed E-state index contributed by atoms with van der Waals surface area (Å²) in [5, 5.41) is 3.85. The molecule has 4 heteroatoms. The minimum Gasteiger partial charge on any atom is -0.336 e. The van der Waals surface area contributed by atoms with E-state index in [1.54, 1.807) is 0 Å². The third kappa shape index (κ3) is 3.39. The lowest BCUT2D eigenvalue weighted by Gasteiger charge is -2.34. The maximum atomic E-state index is 4.58. The fraction of sp³-hybridized carbons (Fsp3) is 0.500. The Morgan fingerprint density at radius 2 is 1.95 bits per heavy atom. The van der Waals surface area contributed by atoms with Gasteiger partial charge in [-0.3, -0.25) is 0 Å². The molecule has 2 heterocycles. The molecule has 0 bridgehead atoms. The van der Waals surface area contributed by atoms with Crippen LogP contribution in [0.25, 0.3) is 0 Å². The van der Waals surface area contributed by atoms with Gasteiger partial charge in [-0.25, -0.2) is 4.98 Å². The molecule has 22 heavy (non-hydrogen) atoms. The molecule has 3 rings (SSSR count). The number of rotatable bonds is 5. The predicted molar refractivity (Wildman–Crippen MR) is 89.8 cm³/mol. The SMILES string of the molecule is CCN1CCC(N[C@@H](c2ccccc2)c2nccn2C)CC1. The van der Waals surface area contributed by atoms with Gasteiger partial charge < -0.3 is 14.8 Å². The minimum absolute atomic E-state index is 0.166. The average Bonchev–Trinajstić information content (AvgIpc) is 3.00. The predicted octanol–water partition coefficient (Wildman–Crippen LogP) is 2.58. The van der Waals surface area contributed by atoms with Crippen LogP contribution in [0.1, 0.15) is 37.2 Å². The number of nitrogens with one attached hydrogen (secondary N) is 1. The second-order valence-corrected chi connectivity index (χ2v) is 6.12. The van der Waals surface area contributed by atoms with Gasteiger partial charge in [-0.1, -0.05) is 37.3 Å². The van der Waals surface area contributed by atoms with E-state index in [-0.39, 0.29) is 6.04 Å². The van der Waals surface area contributed by atoms with Crippen molar-refractivity contribution in [3.8, 4) is 0 Å². The number of aryl methyl sites for hydroxylation is 1. The molecule has 118 valence electrons. The number of likely N-dealkylation sites (tertiary alicyclic amines) is 1. The highest BCUT2D eigenvalue weighted by Gasteiger charge is 2.24. The Kier molecular flexibility index (Phi) is 4.90. The number of hydrogen-bond donors (Lipinski definition) is 1. The van der Waals surface area contributed by atoms with E-state index < -0.39 is 0 Å². The van der Waals surface area contributed by atoms with Crippen molar-refractivity contribution in [2.24, 2.45) is 7.05 Å². The van der Waals surface area contributed by atoms with Crippen LogP contribution >= 0.6 is 0 Å². The fourth-order valence-corrected chi connectivity index (χ4v) is 3.27. The molecule has 0 radical (unpaired) electrons. The van der Waals surface area contributed by atoms with Crippen molar-refractivity contribution in [2.75, 3.05) is 19.6 Å². The quantitative estimate of drug-likeness (QED) is 0.921. The van der Waals surface area contributed by atoms with E-state index >= 15 is 0 Å². The topological polar surface area (TPSA) is 33.1 Å². The lowest BCUT2D eigenvalue weighted by molar-refractivity contribution is 0.201. The Morgan fingerprint density at radius 1 is 1.23 bits per heavy atom. The molecule has 0 saturated carbocycles. The summed E-state index contributed by atoms with van der Waals surface area (Å²) in [6.45, 7) is 5.79. The van der Waals surface area contributed by atoms with Gasteiger partial charge in [0.15, 0.2) is 0 Å². The highest BCUT2D eigenvalue weighted by atomic mass is 15.2. The molecule has 1 aliphatic heterocycles. The number of imidazole rings is 1. The van der Waals surface area contributed by atoms with Crippen LogP contribution in [0.5, 0.6) is 0 Å². The van der Waals surface area contributed by atoms with Gasteiger partial charge in [0.25, 0.3) is 0 Å². The Labute approximate surface area is 133 Å². The lowest BCUT2D eigenvalue weighted by atomic mass is 10.00. The fourth-order valence-electron chi connectivity index (χ4n) is 3.27. The van der Waals surface area contributed by atoms with Crippen LogP contribution in [0.3, 0.4) is 0 Å². The summed E-state index contributed by atoms with van der Waals surface area (Å²) in [6.07, 6.45) is 6.32. The third-order valence-corrected chi connectivity index (χ3v) is 4.69. The van der Waals surface area contributed by atoms with Crippen molar-refractivity contribution in [3.63, 3.8) is 0 Å². The summed E-state index contributed by atoms with van der Waals surface area (Å²) in [4.78, 5) is 7.10. The molecule has 1 fully saturated rings. The highest BCUT2D eigenvalue weighted by Crippen LogP contribution is 2.23. The molecule has 1 saturated heterocycles. The smallest absolute Gasteiger partial charge is 0.130 e. The number of piperidine rings is 1. The maximum Gasteiger partial charge on any atom is 0.130 e. The van der Waals surface area contributed by atoms with Crippen molar-refractivity contribution >= 4 is 0 Å². The Morgan fingerprint density at radius 3 is 2.55 bits per heavy atom. The molecule has 0 spiro atoms. The summed E-state index contributed by atoms with van der Waals surface area (Å²) in [7, 11) is 2.07. The van der Waals surface area contributed by atoms with Gasteiger partial charge >= 0.3 is 0 Å². The van der Waals surface area contributed by atoms with Crippen LogP contribution in [-0.4, -0.2) is 40.1 Å². The van der Waals surface area contributed by atoms with Crippen LogP contribution in [0.15, 0.2) is 42.7 Å². The van der Waals surface area contributed by atoms with E-state index in [1.807, 2.05) is 12.4 Å². The van der Waals surface area contributed by atoms with E-state index in [0.29, 0.717) is 6.04 Å². The van der Waals surface area contributed by atoms with E-state index in [4.69, 9.17) is 0 Å². The molecule has 1 aliphatic rings. The summed E-state index contributed by atoms with van der Waals surface area (Å²) in [6, 6.07) is 11.4. The van der Waals surface area contributed by atoms with Crippen molar-refractivity contribution < 1.29 is 0 Å². The summed E-state index contributed by atoms with van der Waals surface area (Å²) in [5.41, 5.74) is 1.29. The molecule has 1 aromatic heterocycles. The summed E-state index contributed by atoms with van der Waals surface area (Å²) in [5.74, 6) is 1.09. The number of aromatic nitrogens is 2. The van der Waals surface area contributed by atoms with Crippen molar-refractivity contribution in [1.82, 2.24) is 19.8 Å².